The Morgan fingerprint density at radius 2 is 2.03 bits per heavy atom. The number of carbonyl (C=O) groups excluding carboxylic acids is 1. The Hall–Kier alpha value is -2.18. The van der Waals surface area contributed by atoms with Gasteiger partial charge in [0, 0.05) is 54.8 Å². The lowest BCUT2D eigenvalue weighted by Gasteiger charge is -2.32. The molecule has 2 fully saturated rings. The summed E-state index contributed by atoms with van der Waals surface area (Å²) in [6.45, 7) is 5.76. The highest BCUT2D eigenvalue weighted by atomic mass is 16.5. The predicted octanol–water partition coefficient (Wildman–Crippen LogP) is 3.54. The van der Waals surface area contributed by atoms with Crippen molar-refractivity contribution in [3.05, 3.63) is 36.7 Å². The van der Waals surface area contributed by atoms with E-state index in [1.807, 2.05) is 30.6 Å². The lowest BCUT2D eigenvalue weighted by molar-refractivity contribution is -0.122. The lowest BCUT2D eigenvalue weighted by atomic mass is 9.92. The molecule has 1 aliphatic heterocycles. The Morgan fingerprint density at radius 1 is 1.23 bits per heavy atom. The molecule has 1 amide bonds. The van der Waals surface area contributed by atoms with Crippen LogP contribution in [0.15, 0.2) is 36.7 Å². The van der Waals surface area contributed by atoms with E-state index in [9.17, 15) is 4.79 Å². The zero-order valence-corrected chi connectivity index (χ0v) is 17.9. The van der Waals surface area contributed by atoms with Crippen molar-refractivity contribution in [3.63, 3.8) is 0 Å². The van der Waals surface area contributed by atoms with E-state index >= 15 is 0 Å². The first-order valence-corrected chi connectivity index (χ1v) is 11.3. The standard InChI is InChI=1S/C24H33N3O3/c1-18(27-13-15-29-16-14-27)5-10-24(28)26-20-6-8-21(9-7-20)30-23-4-2-3-19-17-25-12-11-22(19)23/h2-4,11-12,17-18,20-21H,5-10,13-16H2,1H3,(H,26,28). The van der Waals surface area contributed by atoms with Crippen molar-refractivity contribution in [1.82, 2.24) is 15.2 Å². The zero-order valence-electron chi connectivity index (χ0n) is 17.9. The largest absolute Gasteiger partial charge is 0.490 e. The molecule has 0 spiro atoms. The summed E-state index contributed by atoms with van der Waals surface area (Å²) in [4.78, 5) is 19.0. The summed E-state index contributed by atoms with van der Waals surface area (Å²) in [6, 6.07) is 8.82. The highest BCUT2D eigenvalue weighted by Crippen LogP contribution is 2.29. The van der Waals surface area contributed by atoms with Crippen LogP contribution in [0.1, 0.15) is 45.4 Å². The van der Waals surface area contributed by atoms with Crippen LogP contribution in [0.5, 0.6) is 5.75 Å². The van der Waals surface area contributed by atoms with E-state index in [0.29, 0.717) is 12.5 Å². The monoisotopic (exact) mass is 411 g/mol. The SMILES string of the molecule is CC(CCC(=O)NC1CCC(Oc2cccc3cnccc23)CC1)N1CCOCC1. The van der Waals surface area contributed by atoms with Crippen molar-refractivity contribution < 1.29 is 14.3 Å². The summed E-state index contributed by atoms with van der Waals surface area (Å²) >= 11 is 0. The maximum absolute atomic E-state index is 12.4. The Bertz CT molecular complexity index is 824. The van der Waals surface area contributed by atoms with E-state index in [-0.39, 0.29) is 18.1 Å². The van der Waals surface area contributed by atoms with Crippen LogP contribution >= 0.6 is 0 Å². The molecular weight excluding hydrogens is 378 g/mol. The topological polar surface area (TPSA) is 63.7 Å². The fourth-order valence-electron chi connectivity index (χ4n) is 4.54. The maximum atomic E-state index is 12.4. The molecule has 2 aromatic rings. The summed E-state index contributed by atoms with van der Waals surface area (Å²) < 4.78 is 11.7. The number of amides is 1. The number of rotatable bonds is 7. The minimum atomic E-state index is 0.182. The summed E-state index contributed by atoms with van der Waals surface area (Å²) in [5.41, 5.74) is 0. The summed E-state index contributed by atoms with van der Waals surface area (Å²) in [5, 5.41) is 5.45. The van der Waals surface area contributed by atoms with Crippen molar-refractivity contribution in [2.24, 2.45) is 0 Å². The fraction of sp³-hybridized carbons (Fsp3) is 0.583. The van der Waals surface area contributed by atoms with Gasteiger partial charge in [-0.15, -0.1) is 0 Å². The Morgan fingerprint density at radius 3 is 2.83 bits per heavy atom. The molecule has 2 aliphatic rings. The van der Waals surface area contributed by atoms with Crippen LogP contribution in [0, 0.1) is 0 Å². The highest BCUT2D eigenvalue weighted by molar-refractivity contribution is 5.87. The highest BCUT2D eigenvalue weighted by Gasteiger charge is 2.24. The molecule has 1 N–H and O–H groups in total. The fourth-order valence-corrected chi connectivity index (χ4v) is 4.54. The number of aromatic nitrogens is 1. The average Bonchev–Trinajstić information content (AvgIpc) is 2.79. The molecule has 1 atom stereocenters. The van der Waals surface area contributed by atoms with Gasteiger partial charge >= 0.3 is 0 Å². The molecule has 0 radical (unpaired) electrons. The van der Waals surface area contributed by atoms with Crippen LogP contribution in [-0.2, 0) is 9.53 Å². The van der Waals surface area contributed by atoms with Crippen molar-refractivity contribution >= 4 is 16.7 Å². The summed E-state index contributed by atoms with van der Waals surface area (Å²) in [6.07, 6.45) is 9.27. The second-order valence-corrected chi connectivity index (χ2v) is 8.55. The minimum Gasteiger partial charge on any atom is -0.490 e. The van der Waals surface area contributed by atoms with Gasteiger partial charge in [0.25, 0.3) is 0 Å². The quantitative estimate of drug-likeness (QED) is 0.755. The number of hydrogen-bond donors (Lipinski definition) is 1. The number of nitrogens with one attached hydrogen (secondary N) is 1. The van der Waals surface area contributed by atoms with Crippen molar-refractivity contribution in [1.29, 1.82) is 0 Å². The predicted molar refractivity (Wildman–Crippen MR) is 118 cm³/mol. The van der Waals surface area contributed by atoms with Gasteiger partial charge in [0.05, 0.1) is 19.3 Å². The maximum Gasteiger partial charge on any atom is 0.220 e. The number of pyridine rings is 1. The number of benzene rings is 1. The van der Waals surface area contributed by atoms with E-state index in [4.69, 9.17) is 9.47 Å². The average molecular weight is 412 g/mol. The van der Waals surface area contributed by atoms with Crippen LogP contribution < -0.4 is 10.1 Å². The third-order valence-electron chi connectivity index (χ3n) is 6.43. The van der Waals surface area contributed by atoms with Crippen LogP contribution in [0.2, 0.25) is 0 Å². The van der Waals surface area contributed by atoms with E-state index in [0.717, 1.165) is 74.9 Å². The van der Waals surface area contributed by atoms with Crippen molar-refractivity contribution in [2.45, 2.75) is 63.6 Å². The van der Waals surface area contributed by atoms with Gasteiger partial charge in [0.15, 0.2) is 0 Å². The van der Waals surface area contributed by atoms with Gasteiger partial charge in [-0.2, -0.15) is 0 Å². The van der Waals surface area contributed by atoms with Crippen LogP contribution in [0.25, 0.3) is 10.8 Å². The molecule has 1 aromatic heterocycles. The first kappa shape index (κ1) is 21.1. The number of hydrogen-bond acceptors (Lipinski definition) is 5. The zero-order chi connectivity index (χ0) is 20.8. The molecule has 1 unspecified atom stereocenters. The Kier molecular flexibility index (Phi) is 7.18. The number of morpholine rings is 1. The third kappa shape index (κ3) is 5.49. The van der Waals surface area contributed by atoms with E-state index < -0.39 is 0 Å². The second-order valence-electron chi connectivity index (χ2n) is 8.55. The van der Waals surface area contributed by atoms with Gasteiger partial charge in [-0.25, -0.2) is 0 Å². The molecular formula is C24H33N3O3. The number of nitrogens with zero attached hydrogens (tertiary/aromatic N) is 2. The van der Waals surface area contributed by atoms with Gasteiger partial charge in [-0.1, -0.05) is 12.1 Å². The van der Waals surface area contributed by atoms with Crippen LogP contribution in [-0.4, -0.2) is 60.3 Å². The minimum absolute atomic E-state index is 0.182. The first-order chi connectivity index (χ1) is 14.7. The van der Waals surface area contributed by atoms with Crippen molar-refractivity contribution in [2.75, 3.05) is 26.3 Å². The molecule has 1 aromatic carbocycles. The van der Waals surface area contributed by atoms with Crippen LogP contribution in [0.3, 0.4) is 0 Å². The Balaban J connectivity index is 1.19. The van der Waals surface area contributed by atoms with E-state index in [1.54, 1.807) is 0 Å². The summed E-state index contributed by atoms with van der Waals surface area (Å²) in [7, 11) is 0. The smallest absolute Gasteiger partial charge is 0.220 e. The van der Waals surface area contributed by atoms with Gasteiger partial charge < -0.3 is 14.8 Å². The molecule has 6 heteroatoms. The van der Waals surface area contributed by atoms with Gasteiger partial charge in [0.2, 0.25) is 5.91 Å². The molecule has 1 aliphatic carbocycles. The Labute approximate surface area is 178 Å². The van der Waals surface area contributed by atoms with Gasteiger partial charge in [0.1, 0.15) is 5.75 Å². The number of carbonyl (C=O) groups is 1. The van der Waals surface area contributed by atoms with Crippen molar-refractivity contribution in [3.8, 4) is 5.75 Å². The van der Waals surface area contributed by atoms with E-state index in [1.165, 1.54) is 0 Å². The first-order valence-electron chi connectivity index (χ1n) is 11.3. The molecule has 1 saturated heterocycles. The molecule has 162 valence electrons. The lowest BCUT2D eigenvalue weighted by Crippen LogP contribution is -2.43. The normalized spacial score (nSPS) is 23.8. The van der Waals surface area contributed by atoms with Crippen LogP contribution in [0.4, 0.5) is 0 Å². The molecule has 1 saturated carbocycles. The van der Waals surface area contributed by atoms with E-state index in [2.05, 4.69) is 28.2 Å². The molecule has 2 heterocycles. The molecule has 6 nitrogen and oxygen atoms in total. The summed E-state index contributed by atoms with van der Waals surface area (Å²) in [5.74, 6) is 1.11. The molecule has 30 heavy (non-hydrogen) atoms. The molecule has 4 rings (SSSR count). The second kappa shape index (κ2) is 10.2. The molecule has 0 bridgehead atoms. The van der Waals surface area contributed by atoms with Gasteiger partial charge in [-0.05, 0) is 51.2 Å². The number of ether oxygens (including phenoxy) is 2. The third-order valence-corrected chi connectivity index (χ3v) is 6.43. The van der Waals surface area contributed by atoms with Gasteiger partial charge in [-0.3, -0.25) is 14.7 Å². The number of fused-ring (bicyclic) bond motifs is 1.